The molecular formula is C29H33ClN6O3. The number of hydrogen-bond acceptors (Lipinski definition) is 7. The largest absolute Gasteiger partial charge is 0.489 e. The summed E-state index contributed by atoms with van der Waals surface area (Å²) in [6, 6.07) is 15.9. The normalized spacial score (nSPS) is 16.5. The van der Waals surface area contributed by atoms with Crippen LogP contribution in [0.5, 0.6) is 5.75 Å². The summed E-state index contributed by atoms with van der Waals surface area (Å²) in [6.45, 7) is 5.57. The first-order valence-corrected chi connectivity index (χ1v) is 13.6. The van der Waals surface area contributed by atoms with E-state index >= 15 is 0 Å². The molecule has 2 fully saturated rings. The number of carbonyl (C=O) groups is 2. The van der Waals surface area contributed by atoms with Gasteiger partial charge in [0.05, 0.1) is 21.8 Å². The van der Waals surface area contributed by atoms with Gasteiger partial charge < -0.3 is 30.5 Å². The average molecular weight is 549 g/mol. The van der Waals surface area contributed by atoms with Gasteiger partial charge >= 0.3 is 0 Å². The molecule has 2 saturated heterocycles. The van der Waals surface area contributed by atoms with Gasteiger partial charge in [-0.15, -0.1) is 0 Å². The molecule has 3 aromatic rings. The summed E-state index contributed by atoms with van der Waals surface area (Å²) in [5.41, 5.74) is 2.18. The van der Waals surface area contributed by atoms with Crippen LogP contribution in [0, 0.1) is 0 Å². The zero-order chi connectivity index (χ0) is 27.2. The van der Waals surface area contributed by atoms with E-state index in [1.807, 2.05) is 18.2 Å². The maximum absolute atomic E-state index is 13.6. The van der Waals surface area contributed by atoms with Crippen molar-refractivity contribution in [3.05, 3.63) is 76.9 Å². The van der Waals surface area contributed by atoms with Crippen LogP contribution in [0.3, 0.4) is 0 Å². The highest BCUT2D eigenvalue weighted by molar-refractivity contribution is 6.30. The number of para-hydroxylation sites is 1. The number of benzene rings is 2. The van der Waals surface area contributed by atoms with Gasteiger partial charge in [0, 0.05) is 44.1 Å². The highest BCUT2D eigenvalue weighted by Crippen LogP contribution is 2.30. The molecule has 0 bridgehead atoms. The lowest BCUT2D eigenvalue weighted by Gasteiger charge is -2.34. The van der Waals surface area contributed by atoms with Gasteiger partial charge in [-0.05, 0) is 69.4 Å². The summed E-state index contributed by atoms with van der Waals surface area (Å²) < 4.78 is 6.43. The molecule has 0 saturated carbocycles. The number of piperazine rings is 1. The van der Waals surface area contributed by atoms with Crippen LogP contribution < -0.4 is 25.6 Å². The van der Waals surface area contributed by atoms with Crippen LogP contribution in [0.4, 0.5) is 17.2 Å². The van der Waals surface area contributed by atoms with Crippen molar-refractivity contribution in [1.29, 1.82) is 0 Å². The summed E-state index contributed by atoms with van der Waals surface area (Å²) in [5.74, 6) is 0.192. The van der Waals surface area contributed by atoms with Crippen molar-refractivity contribution in [2.45, 2.75) is 18.9 Å². The van der Waals surface area contributed by atoms with Crippen LogP contribution in [-0.4, -0.2) is 74.1 Å². The average Bonchev–Trinajstić information content (AvgIpc) is 2.95. The minimum Gasteiger partial charge on any atom is -0.489 e. The van der Waals surface area contributed by atoms with Crippen molar-refractivity contribution in [3.8, 4) is 5.75 Å². The van der Waals surface area contributed by atoms with Crippen molar-refractivity contribution >= 4 is 40.6 Å². The maximum atomic E-state index is 13.6. The molecule has 5 rings (SSSR count). The first-order valence-electron chi connectivity index (χ1n) is 13.2. The number of halogens is 1. The zero-order valence-corrected chi connectivity index (χ0v) is 22.7. The second-order valence-electron chi connectivity index (χ2n) is 9.85. The number of carbonyl (C=O) groups excluding carboxylic acids is 2. The molecule has 2 aliphatic rings. The minimum atomic E-state index is -0.391. The van der Waals surface area contributed by atoms with E-state index < -0.39 is 5.91 Å². The Balaban J connectivity index is 1.37. The van der Waals surface area contributed by atoms with Gasteiger partial charge in [-0.3, -0.25) is 9.59 Å². The van der Waals surface area contributed by atoms with Crippen molar-refractivity contribution in [1.82, 2.24) is 15.2 Å². The molecule has 0 radical (unpaired) electrons. The van der Waals surface area contributed by atoms with Crippen LogP contribution in [0.25, 0.3) is 0 Å². The molecule has 39 heavy (non-hydrogen) atoms. The number of rotatable bonds is 7. The molecular weight excluding hydrogens is 516 g/mol. The number of nitrogens with zero attached hydrogens (tertiary/aromatic N) is 3. The Kier molecular flexibility index (Phi) is 8.61. The lowest BCUT2D eigenvalue weighted by atomic mass is 10.1. The molecule has 204 valence electrons. The predicted molar refractivity (Wildman–Crippen MR) is 154 cm³/mol. The molecule has 1 aromatic heterocycles. The highest BCUT2D eigenvalue weighted by atomic mass is 35.5. The Morgan fingerprint density at radius 3 is 2.44 bits per heavy atom. The van der Waals surface area contributed by atoms with Crippen LogP contribution >= 0.6 is 11.6 Å². The number of anilines is 3. The van der Waals surface area contributed by atoms with Crippen LogP contribution in [0.1, 0.15) is 33.6 Å². The van der Waals surface area contributed by atoms with Crippen LogP contribution in [-0.2, 0) is 0 Å². The molecule has 2 aliphatic heterocycles. The van der Waals surface area contributed by atoms with Gasteiger partial charge in [0.2, 0.25) is 0 Å². The number of likely N-dealkylation sites (N-methyl/N-ethyl adjacent to an activating group) is 1. The van der Waals surface area contributed by atoms with Crippen LogP contribution in [0.2, 0.25) is 5.02 Å². The second kappa shape index (κ2) is 12.5. The summed E-state index contributed by atoms with van der Waals surface area (Å²) in [6.07, 6.45) is 3.24. The van der Waals surface area contributed by atoms with Gasteiger partial charge in [-0.2, -0.15) is 0 Å². The van der Waals surface area contributed by atoms with Crippen molar-refractivity contribution in [2.24, 2.45) is 0 Å². The van der Waals surface area contributed by atoms with Crippen molar-refractivity contribution < 1.29 is 14.3 Å². The van der Waals surface area contributed by atoms with E-state index in [9.17, 15) is 9.59 Å². The third-order valence-corrected chi connectivity index (χ3v) is 7.27. The highest BCUT2D eigenvalue weighted by Gasteiger charge is 2.23. The van der Waals surface area contributed by atoms with E-state index in [0.717, 1.165) is 57.8 Å². The molecule has 2 amide bonds. The molecule has 0 atom stereocenters. The van der Waals surface area contributed by atoms with Crippen LogP contribution in [0.15, 0.2) is 60.8 Å². The number of piperidine rings is 1. The number of aromatic nitrogens is 1. The topological polar surface area (TPSA) is 98.8 Å². The summed E-state index contributed by atoms with van der Waals surface area (Å²) >= 11 is 5.90. The molecule has 3 heterocycles. The fraction of sp³-hybridized carbons (Fsp3) is 0.345. The van der Waals surface area contributed by atoms with E-state index in [-0.39, 0.29) is 12.0 Å². The van der Waals surface area contributed by atoms with Gasteiger partial charge in [0.25, 0.3) is 11.8 Å². The third kappa shape index (κ3) is 6.86. The van der Waals surface area contributed by atoms with E-state index in [0.29, 0.717) is 33.4 Å². The summed E-state index contributed by atoms with van der Waals surface area (Å²) in [5, 5.41) is 9.51. The van der Waals surface area contributed by atoms with E-state index in [1.165, 1.54) is 6.20 Å². The first kappa shape index (κ1) is 26.9. The molecule has 2 aromatic carbocycles. The SMILES string of the molecule is CN1CCN(c2ccc(C(=O)Nc3ccccc3C(=O)Nc3ccc(Cl)cn3)c(OC3CCNCC3)c2)CC1. The van der Waals surface area contributed by atoms with Crippen molar-refractivity contribution in [2.75, 3.05) is 61.8 Å². The Bertz CT molecular complexity index is 1300. The Hall–Kier alpha value is -3.66. The van der Waals surface area contributed by atoms with E-state index in [4.69, 9.17) is 16.3 Å². The monoisotopic (exact) mass is 548 g/mol. The maximum Gasteiger partial charge on any atom is 0.259 e. The minimum absolute atomic E-state index is 0.0329. The molecule has 0 aliphatic carbocycles. The zero-order valence-electron chi connectivity index (χ0n) is 22.0. The molecule has 10 heteroatoms. The van der Waals surface area contributed by atoms with Gasteiger partial charge in [-0.25, -0.2) is 4.98 Å². The second-order valence-corrected chi connectivity index (χ2v) is 10.3. The number of amides is 2. The summed E-state index contributed by atoms with van der Waals surface area (Å²) in [4.78, 5) is 35.4. The standard InChI is InChI=1S/C29H33ClN6O3/c1-35-14-16-36(17-15-35)21-7-8-24(26(18-21)39-22-10-12-31-13-11-22)29(38)33-25-5-3-2-4-23(25)28(37)34-27-9-6-20(30)19-32-27/h2-9,18-19,22,31H,10-17H2,1H3,(H,33,38)(H,32,34,37). The molecule has 0 spiro atoms. The van der Waals surface area contributed by atoms with E-state index in [1.54, 1.807) is 36.4 Å². The Morgan fingerprint density at radius 2 is 1.69 bits per heavy atom. The third-order valence-electron chi connectivity index (χ3n) is 7.05. The Labute approximate surface area is 233 Å². The molecule has 3 N–H and O–H groups in total. The fourth-order valence-electron chi connectivity index (χ4n) is 4.76. The number of nitrogens with one attached hydrogen (secondary N) is 3. The quantitative estimate of drug-likeness (QED) is 0.408. The van der Waals surface area contributed by atoms with Gasteiger partial charge in [-0.1, -0.05) is 23.7 Å². The number of hydrogen-bond donors (Lipinski definition) is 3. The lowest BCUT2D eigenvalue weighted by Crippen LogP contribution is -2.44. The lowest BCUT2D eigenvalue weighted by molar-refractivity contribution is 0.101. The first-order chi connectivity index (χ1) is 19.0. The molecule has 0 unspecified atom stereocenters. The molecule has 9 nitrogen and oxygen atoms in total. The number of pyridine rings is 1. The van der Waals surface area contributed by atoms with E-state index in [2.05, 4.69) is 37.8 Å². The summed E-state index contributed by atoms with van der Waals surface area (Å²) in [7, 11) is 2.13. The predicted octanol–water partition coefficient (Wildman–Crippen LogP) is 4.12. The van der Waals surface area contributed by atoms with Crippen molar-refractivity contribution in [3.63, 3.8) is 0 Å². The number of ether oxygens (including phenoxy) is 1. The smallest absolute Gasteiger partial charge is 0.259 e. The Morgan fingerprint density at radius 1 is 0.949 bits per heavy atom. The van der Waals surface area contributed by atoms with Gasteiger partial charge in [0.15, 0.2) is 0 Å². The fourth-order valence-corrected chi connectivity index (χ4v) is 4.88. The van der Waals surface area contributed by atoms with Gasteiger partial charge in [0.1, 0.15) is 17.7 Å².